The van der Waals surface area contributed by atoms with Gasteiger partial charge in [0.25, 0.3) is 5.91 Å². The first kappa shape index (κ1) is 25.5. The van der Waals surface area contributed by atoms with Crippen molar-refractivity contribution in [1.82, 2.24) is 14.5 Å². The molecule has 0 saturated carbocycles. The first-order chi connectivity index (χ1) is 19.0. The predicted molar refractivity (Wildman–Crippen MR) is 149 cm³/mol. The molecule has 0 bridgehead atoms. The molecule has 9 heteroatoms. The summed E-state index contributed by atoms with van der Waals surface area (Å²) in [5.41, 5.74) is 3.66. The number of amides is 3. The number of hydrogen-bond acceptors (Lipinski definition) is 7. The molecule has 0 aliphatic carbocycles. The molecule has 3 aliphatic rings. The van der Waals surface area contributed by atoms with E-state index >= 15 is 0 Å². The highest BCUT2D eigenvalue weighted by molar-refractivity contribution is 7.97. The van der Waals surface area contributed by atoms with E-state index in [9.17, 15) is 14.4 Å². The molecule has 1 N–H and O–H groups in total. The number of piperazine rings is 1. The lowest BCUT2D eigenvalue weighted by atomic mass is 10.0. The van der Waals surface area contributed by atoms with Gasteiger partial charge in [-0.2, -0.15) is 0 Å². The first-order valence-electron chi connectivity index (χ1n) is 13.3. The van der Waals surface area contributed by atoms with Crippen LogP contribution in [0.5, 0.6) is 5.75 Å². The van der Waals surface area contributed by atoms with Crippen LogP contribution >= 0.6 is 11.9 Å². The van der Waals surface area contributed by atoms with E-state index in [0.717, 1.165) is 37.3 Å². The maximum atomic E-state index is 13.0. The number of nitrogens with zero attached hydrogens (tertiary/aromatic N) is 3. The van der Waals surface area contributed by atoms with Crippen LogP contribution in [0, 0.1) is 0 Å². The van der Waals surface area contributed by atoms with E-state index in [1.807, 2.05) is 6.07 Å². The largest absolute Gasteiger partial charge is 0.489 e. The number of carbonyl (C=O) groups excluding carboxylic acids is 3. The Hall–Kier alpha value is -3.82. The van der Waals surface area contributed by atoms with Crippen molar-refractivity contribution in [3.05, 3.63) is 89.5 Å². The van der Waals surface area contributed by atoms with Gasteiger partial charge in [0.2, 0.25) is 11.8 Å². The standard InChI is InChI=1S/C30H30N4O4S/c35-28-14-13-26(29(36)31-28)34-19-25-24(30(34)37)7-4-8-27(25)38-20-21-9-11-23(12-10-21)39-33-17-15-32(16-18-33)22-5-2-1-3-6-22/h1-12,26H,13-20H2,(H,31,35,36). The molecule has 0 aromatic heterocycles. The fourth-order valence-electron chi connectivity index (χ4n) is 5.33. The van der Waals surface area contributed by atoms with Crippen LogP contribution in [0.4, 0.5) is 5.69 Å². The molecule has 3 amide bonds. The molecule has 0 radical (unpaired) electrons. The number of carbonyl (C=O) groups is 3. The summed E-state index contributed by atoms with van der Waals surface area (Å²) in [5.74, 6) is -0.258. The van der Waals surface area contributed by atoms with Gasteiger partial charge < -0.3 is 14.5 Å². The molecule has 39 heavy (non-hydrogen) atoms. The van der Waals surface area contributed by atoms with E-state index in [1.54, 1.807) is 29.0 Å². The number of piperidine rings is 1. The zero-order valence-electron chi connectivity index (χ0n) is 21.5. The summed E-state index contributed by atoms with van der Waals surface area (Å²) in [7, 11) is 0. The average Bonchev–Trinajstić information content (AvgIpc) is 3.30. The number of anilines is 1. The molecule has 1 atom stereocenters. The van der Waals surface area contributed by atoms with E-state index in [1.165, 1.54) is 10.6 Å². The molecule has 2 fully saturated rings. The Balaban J connectivity index is 1.03. The second kappa shape index (κ2) is 11.1. The second-order valence-electron chi connectivity index (χ2n) is 9.96. The van der Waals surface area contributed by atoms with Crippen LogP contribution in [-0.2, 0) is 22.7 Å². The third-order valence-corrected chi connectivity index (χ3v) is 8.56. The monoisotopic (exact) mass is 542 g/mol. The number of benzene rings is 3. The third kappa shape index (κ3) is 5.51. The highest BCUT2D eigenvalue weighted by atomic mass is 32.2. The van der Waals surface area contributed by atoms with Crippen LogP contribution in [0.25, 0.3) is 0 Å². The predicted octanol–water partition coefficient (Wildman–Crippen LogP) is 3.86. The Morgan fingerprint density at radius 1 is 0.872 bits per heavy atom. The second-order valence-corrected chi connectivity index (χ2v) is 11.1. The molecular weight excluding hydrogens is 512 g/mol. The summed E-state index contributed by atoms with van der Waals surface area (Å²) in [6, 6.07) is 23.7. The SMILES string of the molecule is O=C1CCC(N2Cc3c(OCc4ccc(SN5CCN(c6ccccc6)CC5)cc4)cccc3C2=O)C(=O)N1. The normalized spacial score (nSPS) is 19.7. The Kier molecular flexibility index (Phi) is 7.26. The maximum absolute atomic E-state index is 13.0. The number of rotatable bonds is 7. The minimum absolute atomic E-state index is 0.198. The fraction of sp³-hybridized carbons (Fsp3) is 0.300. The number of nitrogens with one attached hydrogen (secondary N) is 1. The van der Waals surface area contributed by atoms with Gasteiger partial charge in [0.05, 0.1) is 6.54 Å². The Labute approximate surface area is 232 Å². The summed E-state index contributed by atoms with van der Waals surface area (Å²) < 4.78 is 8.56. The van der Waals surface area contributed by atoms with E-state index in [-0.39, 0.29) is 18.2 Å². The van der Waals surface area contributed by atoms with Crippen LogP contribution in [0.15, 0.2) is 77.7 Å². The summed E-state index contributed by atoms with van der Waals surface area (Å²) >= 11 is 1.78. The molecule has 6 rings (SSSR count). The third-order valence-electron chi connectivity index (χ3n) is 7.45. The zero-order chi connectivity index (χ0) is 26.8. The molecule has 3 aromatic carbocycles. The molecular formula is C30H30N4O4S. The van der Waals surface area contributed by atoms with Crippen molar-refractivity contribution in [1.29, 1.82) is 0 Å². The quantitative estimate of drug-likeness (QED) is 0.359. The topological polar surface area (TPSA) is 82.2 Å². The Morgan fingerprint density at radius 3 is 2.38 bits per heavy atom. The highest BCUT2D eigenvalue weighted by Gasteiger charge is 2.40. The lowest BCUT2D eigenvalue weighted by molar-refractivity contribution is -0.136. The van der Waals surface area contributed by atoms with Gasteiger partial charge in [-0.05, 0) is 60.3 Å². The van der Waals surface area contributed by atoms with Crippen molar-refractivity contribution in [3.8, 4) is 5.75 Å². The lowest BCUT2D eigenvalue weighted by Gasteiger charge is -2.35. The summed E-state index contributed by atoms with van der Waals surface area (Å²) in [6.07, 6.45) is 0.575. The lowest BCUT2D eigenvalue weighted by Crippen LogP contribution is -2.52. The van der Waals surface area contributed by atoms with Crippen LogP contribution in [-0.4, -0.2) is 59.1 Å². The first-order valence-corrected chi connectivity index (χ1v) is 14.0. The van der Waals surface area contributed by atoms with Crippen molar-refractivity contribution in [2.24, 2.45) is 0 Å². The van der Waals surface area contributed by atoms with Gasteiger partial charge in [-0.25, -0.2) is 4.31 Å². The van der Waals surface area contributed by atoms with Gasteiger partial charge in [-0.3, -0.25) is 19.7 Å². The van der Waals surface area contributed by atoms with Gasteiger partial charge in [0.1, 0.15) is 18.4 Å². The van der Waals surface area contributed by atoms with Crippen LogP contribution in [0.1, 0.15) is 34.3 Å². The fourth-order valence-corrected chi connectivity index (χ4v) is 6.23. The van der Waals surface area contributed by atoms with Gasteiger partial charge in [0.15, 0.2) is 0 Å². The average molecular weight is 543 g/mol. The van der Waals surface area contributed by atoms with E-state index in [0.29, 0.717) is 30.9 Å². The van der Waals surface area contributed by atoms with Gasteiger partial charge in [-0.1, -0.05) is 36.4 Å². The smallest absolute Gasteiger partial charge is 0.255 e. The molecule has 1 unspecified atom stereocenters. The maximum Gasteiger partial charge on any atom is 0.255 e. The van der Waals surface area contributed by atoms with Crippen LogP contribution in [0.2, 0.25) is 0 Å². The minimum atomic E-state index is -0.637. The highest BCUT2D eigenvalue weighted by Crippen LogP contribution is 2.34. The van der Waals surface area contributed by atoms with Crippen LogP contribution < -0.4 is 15.0 Å². The summed E-state index contributed by atoms with van der Waals surface area (Å²) in [6.45, 7) is 4.69. The minimum Gasteiger partial charge on any atom is -0.489 e. The molecule has 3 heterocycles. The van der Waals surface area contributed by atoms with Crippen molar-refractivity contribution in [2.45, 2.75) is 36.9 Å². The number of hydrogen-bond donors (Lipinski definition) is 1. The van der Waals surface area contributed by atoms with Crippen molar-refractivity contribution in [3.63, 3.8) is 0 Å². The van der Waals surface area contributed by atoms with Gasteiger partial charge >= 0.3 is 0 Å². The summed E-state index contributed by atoms with van der Waals surface area (Å²) in [4.78, 5) is 42.1. The van der Waals surface area contributed by atoms with Crippen molar-refractivity contribution >= 4 is 35.4 Å². The van der Waals surface area contributed by atoms with E-state index in [4.69, 9.17) is 4.74 Å². The molecule has 2 saturated heterocycles. The molecule has 3 aromatic rings. The van der Waals surface area contributed by atoms with Crippen molar-refractivity contribution < 1.29 is 19.1 Å². The zero-order valence-corrected chi connectivity index (χ0v) is 22.4. The Morgan fingerprint density at radius 2 is 1.64 bits per heavy atom. The molecule has 0 spiro atoms. The van der Waals surface area contributed by atoms with E-state index < -0.39 is 11.9 Å². The number of para-hydroxylation sites is 1. The van der Waals surface area contributed by atoms with Crippen LogP contribution in [0.3, 0.4) is 0 Å². The van der Waals surface area contributed by atoms with Gasteiger partial charge in [-0.15, -0.1) is 0 Å². The number of fused-ring (bicyclic) bond motifs is 1. The summed E-state index contributed by atoms with van der Waals surface area (Å²) in [5, 5.41) is 2.34. The van der Waals surface area contributed by atoms with E-state index in [2.05, 4.69) is 69.1 Å². The molecule has 200 valence electrons. The van der Waals surface area contributed by atoms with Gasteiger partial charge in [0, 0.05) is 54.3 Å². The molecule has 3 aliphatic heterocycles. The Bertz CT molecular complexity index is 1370. The number of imide groups is 1. The molecule has 8 nitrogen and oxygen atoms in total. The van der Waals surface area contributed by atoms with Crippen molar-refractivity contribution in [2.75, 3.05) is 31.1 Å². The number of ether oxygens (including phenoxy) is 1.